The lowest BCUT2D eigenvalue weighted by molar-refractivity contribution is 0.328. The van der Waals surface area contributed by atoms with Crippen molar-refractivity contribution in [2.24, 2.45) is 0 Å². The van der Waals surface area contributed by atoms with Crippen molar-refractivity contribution in [3.63, 3.8) is 0 Å². The molecule has 3 heterocycles. The van der Waals surface area contributed by atoms with E-state index in [1.54, 1.807) is 13.1 Å². The second kappa shape index (κ2) is 10.7. The van der Waals surface area contributed by atoms with E-state index in [0.29, 0.717) is 36.1 Å². The van der Waals surface area contributed by atoms with Crippen LogP contribution in [0.2, 0.25) is 0 Å². The Morgan fingerprint density at radius 3 is 2.78 bits per heavy atom. The van der Waals surface area contributed by atoms with E-state index in [1.807, 2.05) is 36.0 Å². The number of aromatic nitrogens is 4. The molecular formula is C24H33N7O. The second-order valence-corrected chi connectivity index (χ2v) is 7.96. The minimum Gasteiger partial charge on any atom is -0.477 e. The van der Waals surface area contributed by atoms with Gasteiger partial charge in [0.1, 0.15) is 5.69 Å². The Morgan fingerprint density at radius 2 is 2.09 bits per heavy atom. The summed E-state index contributed by atoms with van der Waals surface area (Å²) in [4.78, 5) is 9.19. The fourth-order valence-corrected chi connectivity index (χ4v) is 3.41. The highest BCUT2D eigenvalue weighted by molar-refractivity contribution is 6.03. The summed E-state index contributed by atoms with van der Waals surface area (Å²) in [5, 5.41) is 19.8. The number of nitrogens with one attached hydrogen (secondary N) is 3. The molecule has 0 aliphatic carbocycles. The maximum atomic E-state index is 8.37. The Balaban J connectivity index is 2.04. The molecule has 0 aliphatic rings. The summed E-state index contributed by atoms with van der Waals surface area (Å²) in [6, 6.07) is 5.99. The Morgan fingerprint density at radius 1 is 1.28 bits per heavy atom. The molecule has 0 aromatic carbocycles. The highest BCUT2D eigenvalue weighted by Crippen LogP contribution is 2.34. The van der Waals surface area contributed by atoms with Gasteiger partial charge in [-0.25, -0.2) is 9.97 Å². The first-order valence-corrected chi connectivity index (χ1v) is 11.1. The summed E-state index contributed by atoms with van der Waals surface area (Å²) in [5.74, 6) is 0.535. The topological polar surface area (TPSA) is 101 Å². The fourth-order valence-electron chi connectivity index (χ4n) is 3.41. The van der Waals surface area contributed by atoms with Crippen molar-refractivity contribution < 1.29 is 4.74 Å². The van der Waals surface area contributed by atoms with Crippen molar-refractivity contribution in [1.29, 1.82) is 5.41 Å². The van der Waals surface area contributed by atoms with Crippen LogP contribution in [0.1, 0.15) is 52.3 Å². The Hall–Kier alpha value is -3.42. The molecule has 3 N–H and O–H groups in total. The monoisotopic (exact) mass is 435 g/mol. The maximum Gasteiger partial charge on any atom is 0.222 e. The molecule has 32 heavy (non-hydrogen) atoms. The first-order valence-electron chi connectivity index (χ1n) is 11.1. The summed E-state index contributed by atoms with van der Waals surface area (Å²) in [7, 11) is 0. The van der Waals surface area contributed by atoms with E-state index in [4.69, 9.17) is 15.1 Å². The van der Waals surface area contributed by atoms with E-state index in [2.05, 4.69) is 47.7 Å². The minimum atomic E-state index is 0.186. The van der Waals surface area contributed by atoms with Crippen molar-refractivity contribution in [2.45, 2.75) is 60.2 Å². The minimum absolute atomic E-state index is 0.186. The molecule has 3 aromatic heterocycles. The van der Waals surface area contributed by atoms with Gasteiger partial charge in [0.2, 0.25) is 5.88 Å². The first kappa shape index (κ1) is 23.2. The molecule has 0 atom stereocenters. The van der Waals surface area contributed by atoms with Crippen LogP contribution in [0.5, 0.6) is 5.88 Å². The fraction of sp³-hybridized carbons (Fsp3) is 0.417. The quantitative estimate of drug-likeness (QED) is 0.368. The van der Waals surface area contributed by atoms with E-state index < -0.39 is 0 Å². The number of pyridine rings is 2. The number of rotatable bonds is 11. The van der Waals surface area contributed by atoms with Gasteiger partial charge in [0.25, 0.3) is 0 Å². The van der Waals surface area contributed by atoms with Crippen LogP contribution in [-0.4, -0.2) is 38.1 Å². The van der Waals surface area contributed by atoms with Crippen LogP contribution in [0.25, 0.3) is 11.3 Å². The van der Waals surface area contributed by atoms with Gasteiger partial charge < -0.3 is 20.8 Å². The molecule has 0 spiro atoms. The van der Waals surface area contributed by atoms with Crippen molar-refractivity contribution in [3.8, 4) is 17.1 Å². The number of ether oxygens (including phenoxy) is 1. The Kier molecular flexibility index (Phi) is 7.81. The number of aryl methyl sites for hydroxylation is 1. The zero-order chi connectivity index (χ0) is 23.1. The van der Waals surface area contributed by atoms with Crippen molar-refractivity contribution in [1.82, 2.24) is 19.7 Å². The second-order valence-electron chi connectivity index (χ2n) is 7.96. The normalized spacial score (nSPS) is 10.9. The lowest BCUT2D eigenvalue weighted by Gasteiger charge is -2.21. The number of anilines is 2. The summed E-state index contributed by atoms with van der Waals surface area (Å²) < 4.78 is 7.69. The molecule has 0 amide bonds. The lowest BCUT2D eigenvalue weighted by Crippen LogP contribution is -2.17. The zero-order valence-corrected chi connectivity index (χ0v) is 19.6. The van der Waals surface area contributed by atoms with Crippen LogP contribution < -0.4 is 15.4 Å². The highest BCUT2D eigenvalue weighted by atomic mass is 16.5. The molecular weight excluding hydrogens is 402 g/mol. The van der Waals surface area contributed by atoms with Gasteiger partial charge in [-0.05, 0) is 52.3 Å². The van der Waals surface area contributed by atoms with Crippen LogP contribution in [0.15, 0.2) is 36.8 Å². The Bertz CT molecular complexity index is 1060. The molecule has 0 unspecified atom stereocenters. The van der Waals surface area contributed by atoms with Gasteiger partial charge in [-0.15, -0.1) is 0 Å². The summed E-state index contributed by atoms with van der Waals surface area (Å²) in [6.45, 7) is 12.0. The van der Waals surface area contributed by atoms with Gasteiger partial charge >= 0.3 is 0 Å². The van der Waals surface area contributed by atoms with Gasteiger partial charge in [0.15, 0.2) is 0 Å². The number of hydrogen-bond acceptors (Lipinski definition) is 7. The standard InChI is InChI=1S/C24H33N7O/c1-6-11-31-15-18(14-28-31)13-27-21-12-20(19-9-8-10-26-24(19)32-7-2)30-22(17(5)25)23(21)29-16(3)4/h8-10,12,14-16,25,29H,6-7,11,13H2,1-5H3,(H,27,30). The van der Waals surface area contributed by atoms with Crippen molar-refractivity contribution in [3.05, 3.63) is 48.0 Å². The molecule has 0 fully saturated rings. The van der Waals surface area contributed by atoms with E-state index in [0.717, 1.165) is 35.5 Å². The van der Waals surface area contributed by atoms with Crippen molar-refractivity contribution in [2.75, 3.05) is 17.2 Å². The largest absolute Gasteiger partial charge is 0.477 e. The van der Waals surface area contributed by atoms with Crippen LogP contribution in [0.3, 0.4) is 0 Å². The van der Waals surface area contributed by atoms with Gasteiger partial charge in [-0.2, -0.15) is 5.10 Å². The molecule has 0 radical (unpaired) electrons. The van der Waals surface area contributed by atoms with E-state index in [-0.39, 0.29) is 6.04 Å². The molecule has 3 rings (SSSR count). The molecule has 0 bridgehead atoms. The summed E-state index contributed by atoms with van der Waals surface area (Å²) >= 11 is 0. The van der Waals surface area contributed by atoms with Gasteiger partial charge in [0, 0.05) is 37.1 Å². The lowest BCUT2D eigenvalue weighted by atomic mass is 10.1. The van der Waals surface area contributed by atoms with Crippen LogP contribution in [0.4, 0.5) is 11.4 Å². The van der Waals surface area contributed by atoms with Gasteiger partial charge in [-0.1, -0.05) is 6.92 Å². The van der Waals surface area contributed by atoms with Gasteiger partial charge in [-0.3, -0.25) is 4.68 Å². The van der Waals surface area contributed by atoms with E-state index in [1.165, 1.54) is 0 Å². The third kappa shape index (κ3) is 5.63. The zero-order valence-electron chi connectivity index (χ0n) is 19.6. The third-order valence-corrected chi connectivity index (χ3v) is 4.76. The number of hydrogen-bond donors (Lipinski definition) is 3. The molecule has 0 aliphatic heterocycles. The SMILES string of the molecule is CCCn1cc(CNc2cc(-c3cccnc3OCC)nc(C(C)=N)c2NC(C)C)cn1. The van der Waals surface area contributed by atoms with E-state index >= 15 is 0 Å². The predicted octanol–water partition coefficient (Wildman–Crippen LogP) is 4.97. The van der Waals surface area contributed by atoms with Gasteiger partial charge in [0.05, 0.1) is 41.1 Å². The summed E-state index contributed by atoms with van der Waals surface area (Å²) in [5.41, 5.74) is 5.28. The molecule has 8 nitrogen and oxygen atoms in total. The molecule has 0 saturated carbocycles. The average Bonchev–Trinajstić information content (AvgIpc) is 3.21. The van der Waals surface area contributed by atoms with E-state index in [9.17, 15) is 0 Å². The van der Waals surface area contributed by atoms with Crippen LogP contribution >= 0.6 is 0 Å². The Labute approximate surface area is 190 Å². The smallest absolute Gasteiger partial charge is 0.222 e. The maximum absolute atomic E-state index is 8.37. The third-order valence-electron chi connectivity index (χ3n) is 4.76. The van der Waals surface area contributed by atoms with Crippen LogP contribution in [-0.2, 0) is 13.1 Å². The predicted molar refractivity (Wildman–Crippen MR) is 130 cm³/mol. The first-order chi connectivity index (χ1) is 15.4. The van der Waals surface area contributed by atoms with Crippen molar-refractivity contribution >= 4 is 17.1 Å². The molecule has 3 aromatic rings. The highest BCUT2D eigenvalue weighted by Gasteiger charge is 2.18. The molecule has 0 saturated heterocycles. The summed E-state index contributed by atoms with van der Waals surface area (Å²) in [6.07, 6.45) is 6.70. The number of nitrogens with zero attached hydrogens (tertiary/aromatic N) is 4. The molecule has 170 valence electrons. The average molecular weight is 436 g/mol. The van der Waals surface area contributed by atoms with Crippen LogP contribution in [0, 0.1) is 5.41 Å². The molecule has 8 heteroatoms.